The van der Waals surface area contributed by atoms with Gasteiger partial charge in [0.2, 0.25) is 11.9 Å². The number of rotatable bonds is 5. The number of nitrogens with two attached hydrogens (primary N) is 4. The van der Waals surface area contributed by atoms with Gasteiger partial charge in [-0.15, -0.1) is 0 Å². The molecular weight excluding hydrogens is 536 g/mol. The Labute approximate surface area is 218 Å². The molecule has 0 radical (unpaired) electrons. The van der Waals surface area contributed by atoms with Crippen LogP contribution in [-0.2, 0) is 20.2 Å². The average molecular weight is 561 g/mol. The van der Waals surface area contributed by atoms with Crippen molar-refractivity contribution in [2.45, 2.75) is 23.3 Å². The average Bonchev–Trinajstić information content (AvgIpc) is 2.81. The summed E-state index contributed by atoms with van der Waals surface area (Å²) in [5.41, 5.74) is 24.2. The molecule has 1 aliphatic rings. The molecule has 0 heterocycles. The fourth-order valence-corrected chi connectivity index (χ4v) is 6.31. The SMILES string of the molecule is NC(=O)c1ccc(-c2ccc(N=C(N)N=C(N)N)cc2C#CC2=CC[C@H](S(=O)(=O)O)[C@H](S(=O)(=O)O)C2)cc1. The molecule has 0 fully saturated rings. The van der Waals surface area contributed by atoms with Gasteiger partial charge in [-0.2, -0.15) is 21.8 Å². The number of benzene rings is 2. The fraction of sp³-hybridized carbons (Fsp3) is 0.174. The Kier molecular flexibility index (Phi) is 8.22. The van der Waals surface area contributed by atoms with Crippen molar-refractivity contribution in [2.75, 3.05) is 0 Å². The first kappa shape index (κ1) is 28.3. The molecule has 0 unspecified atom stereocenters. The number of aliphatic imine (C=N–C) groups is 2. The van der Waals surface area contributed by atoms with Crippen molar-refractivity contribution in [1.82, 2.24) is 0 Å². The highest BCUT2D eigenvalue weighted by Gasteiger charge is 2.42. The molecule has 0 aromatic heterocycles. The summed E-state index contributed by atoms with van der Waals surface area (Å²) in [6.45, 7) is 0. The molecule has 3 rings (SSSR count). The van der Waals surface area contributed by atoms with Crippen LogP contribution in [0.1, 0.15) is 28.8 Å². The van der Waals surface area contributed by atoms with Crippen molar-refractivity contribution in [1.29, 1.82) is 0 Å². The van der Waals surface area contributed by atoms with E-state index in [1.54, 1.807) is 30.3 Å². The van der Waals surface area contributed by atoms with E-state index in [-0.39, 0.29) is 23.9 Å². The van der Waals surface area contributed by atoms with E-state index in [1.165, 1.54) is 18.2 Å². The van der Waals surface area contributed by atoms with Crippen LogP contribution in [0.3, 0.4) is 0 Å². The Morgan fingerprint density at radius 2 is 1.53 bits per heavy atom. The van der Waals surface area contributed by atoms with Crippen LogP contribution in [0.5, 0.6) is 0 Å². The fourth-order valence-electron chi connectivity index (χ4n) is 3.76. The Morgan fingerprint density at radius 3 is 2.08 bits per heavy atom. The number of primary amides is 1. The third-order valence-electron chi connectivity index (χ3n) is 5.53. The smallest absolute Gasteiger partial charge is 0.269 e. The number of hydrogen-bond acceptors (Lipinski definition) is 6. The molecule has 15 heteroatoms. The molecule has 0 saturated carbocycles. The van der Waals surface area contributed by atoms with Gasteiger partial charge in [0.05, 0.1) is 5.69 Å². The lowest BCUT2D eigenvalue weighted by Crippen LogP contribution is -2.41. The second kappa shape index (κ2) is 11.0. The molecule has 0 aliphatic heterocycles. The summed E-state index contributed by atoms with van der Waals surface area (Å²) in [5.74, 6) is 4.60. The van der Waals surface area contributed by atoms with Gasteiger partial charge in [0.1, 0.15) is 10.5 Å². The van der Waals surface area contributed by atoms with E-state index in [0.717, 1.165) is 0 Å². The highest BCUT2D eigenvalue weighted by Crippen LogP contribution is 2.30. The molecule has 0 spiro atoms. The normalized spacial score (nSPS) is 18.1. The van der Waals surface area contributed by atoms with Gasteiger partial charge < -0.3 is 22.9 Å². The van der Waals surface area contributed by atoms with Gasteiger partial charge in [0.15, 0.2) is 5.96 Å². The zero-order valence-electron chi connectivity index (χ0n) is 19.6. The first-order valence-electron chi connectivity index (χ1n) is 10.8. The Bertz CT molecular complexity index is 1630. The molecular formula is C23H24N6O7S2. The summed E-state index contributed by atoms with van der Waals surface area (Å²) in [6, 6.07) is 11.2. The zero-order valence-corrected chi connectivity index (χ0v) is 21.3. The number of allylic oxidation sites excluding steroid dienone is 2. The minimum Gasteiger partial charge on any atom is -0.370 e. The lowest BCUT2D eigenvalue weighted by Gasteiger charge is -2.25. The maximum absolute atomic E-state index is 11.8. The lowest BCUT2D eigenvalue weighted by molar-refractivity contribution is 0.1000. The maximum Gasteiger partial charge on any atom is 0.269 e. The van der Waals surface area contributed by atoms with Crippen molar-refractivity contribution in [2.24, 2.45) is 32.9 Å². The van der Waals surface area contributed by atoms with Gasteiger partial charge in [-0.1, -0.05) is 36.1 Å². The number of carbonyl (C=O) groups is 1. The molecule has 38 heavy (non-hydrogen) atoms. The second-order valence-corrected chi connectivity index (χ2v) is 11.5. The molecule has 0 bridgehead atoms. The summed E-state index contributed by atoms with van der Waals surface area (Å²) in [4.78, 5) is 19.2. The molecule has 2 aromatic rings. The predicted octanol–water partition coefficient (Wildman–Crippen LogP) is 0.257. The number of amides is 1. The van der Waals surface area contributed by atoms with Crippen molar-refractivity contribution in [3.63, 3.8) is 0 Å². The summed E-state index contributed by atoms with van der Waals surface area (Å²) in [7, 11) is -9.56. The van der Waals surface area contributed by atoms with Gasteiger partial charge >= 0.3 is 0 Å². The standard InChI is InChI=1S/C23H24N6O7S2/c24-21(30)15-6-4-14(5-7-15)18-9-8-17(28-23(27)29-22(25)26)12-16(18)3-1-13-2-10-19(37(31,32)33)20(11-13)38(34,35)36/h2,4-9,12,19-20H,10-11H2,(H2,24,30)(H,31,32,33)(H,34,35,36)(H6,25,26,27,28,29)/t19-,20+/m0/s1. The number of carbonyl (C=O) groups excluding carboxylic acids is 1. The molecule has 1 aliphatic carbocycles. The van der Waals surface area contributed by atoms with Gasteiger partial charge in [0, 0.05) is 17.5 Å². The second-order valence-electron chi connectivity index (χ2n) is 8.20. The molecule has 1 amide bonds. The predicted molar refractivity (Wildman–Crippen MR) is 142 cm³/mol. The molecule has 200 valence electrons. The van der Waals surface area contributed by atoms with Crippen LogP contribution in [0.4, 0.5) is 5.69 Å². The van der Waals surface area contributed by atoms with E-state index in [4.69, 9.17) is 22.9 Å². The van der Waals surface area contributed by atoms with Crippen molar-refractivity contribution in [3.05, 3.63) is 65.2 Å². The highest BCUT2D eigenvalue weighted by molar-refractivity contribution is 7.90. The van der Waals surface area contributed by atoms with Gasteiger partial charge in [-0.05, 0) is 47.4 Å². The van der Waals surface area contributed by atoms with E-state index in [0.29, 0.717) is 27.9 Å². The molecule has 2 aromatic carbocycles. The number of hydrogen-bond donors (Lipinski definition) is 6. The number of guanidine groups is 2. The summed E-state index contributed by atoms with van der Waals surface area (Å²) >= 11 is 0. The van der Waals surface area contributed by atoms with Gasteiger partial charge in [-0.25, -0.2) is 4.99 Å². The van der Waals surface area contributed by atoms with Crippen molar-refractivity contribution in [3.8, 4) is 23.0 Å². The van der Waals surface area contributed by atoms with E-state index in [9.17, 15) is 30.7 Å². The van der Waals surface area contributed by atoms with Crippen LogP contribution in [0.25, 0.3) is 11.1 Å². The van der Waals surface area contributed by atoms with Gasteiger partial charge in [0.25, 0.3) is 20.2 Å². The van der Waals surface area contributed by atoms with Crippen LogP contribution < -0.4 is 22.9 Å². The van der Waals surface area contributed by atoms with E-state index in [2.05, 4.69) is 21.8 Å². The topological polar surface area (TPSA) is 255 Å². The van der Waals surface area contributed by atoms with Crippen LogP contribution >= 0.6 is 0 Å². The monoisotopic (exact) mass is 560 g/mol. The molecule has 13 nitrogen and oxygen atoms in total. The third-order valence-corrected chi connectivity index (χ3v) is 8.24. The van der Waals surface area contributed by atoms with Crippen molar-refractivity contribution < 1.29 is 30.7 Å². The van der Waals surface area contributed by atoms with Crippen LogP contribution in [0.15, 0.2) is 64.1 Å². The minimum atomic E-state index is -4.82. The van der Waals surface area contributed by atoms with E-state index in [1.807, 2.05) is 0 Å². The summed E-state index contributed by atoms with van der Waals surface area (Å²) in [5, 5.41) is -3.51. The highest BCUT2D eigenvalue weighted by atomic mass is 32.2. The Hall–Kier alpha value is -4.23. The molecule has 0 saturated heterocycles. The number of nitrogens with zero attached hydrogens (tertiary/aromatic N) is 2. The molecule has 10 N–H and O–H groups in total. The Balaban J connectivity index is 2.09. The zero-order chi connectivity index (χ0) is 28.3. The maximum atomic E-state index is 11.8. The summed E-state index contributed by atoms with van der Waals surface area (Å²) < 4.78 is 65.8. The van der Waals surface area contributed by atoms with E-state index >= 15 is 0 Å². The van der Waals surface area contributed by atoms with E-state index < -0.39 is 43.1 Å². The largest absolute Gasteiger partial charge is 0.370 e. The first-order chi connectivity index (χ1) is 17.6. The summed E-state index contributed by atoms with van der Waals surface area (Å²) in [6.07, 6.45) is 0.579. The van der Waals surface area contributed by atoms with Crippen LogP contribution in [0, 0.1) is 11.8 Å². The minimum absolute atomic E-state index is 0.218. The van der Waals surface area contributed by atoms with Crippen LogP contribution in [-0.4, -0.2) is 54.3 Å². The molecule has 2 atom stereocenters. The third kappa shape index (κ3) is 7.17. The Morgan fingerprint density at radius 1 is 0.895 bits per heavy atom. The van der Waals surface area contributed by atoms with Crippen LogP contribution in [0.2, 0.25) is 0 Å². The quantitative estimate of drug-likeness (QED) is 0.126. The first-order valence-corrected chi connectivity index (χ1v) is 13.8. The van der Waals surface area contributed by atoms with Gasteiger partial charge in [-0.3, -0.25) is 13.9 Å². The van der Waals surface area contributed by atoms with Crippen molar-refractivity contribution >= 4 is 43.7 Å². The lowest BCUT2D eigenvalue weighted by atomic mass is 9.96.